The lowest BCUT2D eigenvalue weighted by Gasteiger charge is -2.05. The Hall–Kier alpha value is -1.12. The summed E-state index contributed by atoms with van der Waals surface area (Å²) in [7, 11) is -3.57. The Balaban J connectivity index is 0.000000278. The van der Waals surface area contributed by atoms with E-state index in [9.17, 15) is 8.42 Å². The molecule has 0 radical (unpaired) electrons. The summed E-state index contributed by atoms with van der Waals surface area (Å²) >= 11 is 11.5. The summed E-state index contributed by atoms with van der Waals surface area (Å²) in [6, 6.07) is 24.4. The van der Waals surface area contributed by atoms with Crippen molar-refractivity contribution >= 4 is 33.3 Å². The minimum atomic E-state index is -3.57. The highest BCUT2D eigenvalue weighted by molar-refractivity contribution is 7.86. The van der Waals surface area contributed by atoms with Gasteiger partial charge in [0.15, 0.2) is 7.14 Å². The van der Waals surface area contributed by atoms with Gasteiger partial charge in [0, 0.05) is 10.0 Å². The minimum absolute atomic E-state index is 0.114. The van der Waals surface area contributed by atoms with Crippen LogP contribution in [-0.4, -0.2) is 15.0 Å². The Labute approximate surface area is 244 Å². The monoisotopic (exact) mass is 675 g/mol. The second kappa shape index (κ2) is 19.0. The van der Waals surface area contributed by atoms with Gasteiger partial charge in [0.05, 0.1) is 11.5 Å². The molecule has 0 atom stereocenters. The predicted molar refractivity (Wildman–Crippen MR) is 152 cm³/mol. The van der Waals surface area contributed by atoms with Crippen LogP contribution in [-0.2, 0) is 14.3 Å². The molecule has 0 bridgehead atoms. The molecule has 7 heteroatoms. The summed E-state index contributed by atoms with van der Waals surface area (Å²) in [6.45, 7) is 2.52. The quantitative estimate of drug-likeness (QED) is 0.106. The molecule has 0 N–H and O–H groups in total. The van der Waals surface area contributed by atoms with Crippen molar-refractivity contribution in [2.75, 3.05) is 6.61 Å². The fourth-order valence-electron chi connectivity index (χ4n) is 3.52. The Morgan fingerprint density at radius 1 is 0.622 bits per heavy atom. The van der Waals surface area contributed by atoms with E-state index in [2.05, 4.69) is 31.2 Å². The van der Waals surface area contributed by atoms with E-state index in [-0.39, 0.29) is 32.7 Å². The molecule has 0 aliphatic rings. The Kier molecular flexibility index (Phi) is 16.5. The van der Waals surface area contributed by atoms with Crippen LogP contribution in [0.2, 0.25) is 10.0 Å². The normalized spacial score (nSPS) is 11.1. The SMILES string of the molecule is CCCCCCCCCCCCOS(=O)(=O)c1ccccc1.Clc1ccc([I+]c2ccc(Cl)cc2)cc1. The molecule has 0 heterocycles. The Morgan fingerprint density at radius 2 is 1.05 bits per heavy atom. The second-order valence-corrected chi connectivity index (χ2v) is 14.3. The first-order valence-electron chi connectivity index (χ1n) is 13.0. The topological polar surface area (TPSA) is 43.4 Å². The van der Waals surface area contributed by atoms with Gasteiger partial charge >= 0.3 is 21.2 Å². The van der Waals surface area contributed by atoms with Gasteiger partial charge in [-0.3, -0.25) is 4.18 Å². The second-order valence-electron chi connectivity index (χ2n) is 8.74. The van der Waals surface area contributed by atoms with Gasteiger partial charge in [0.25, 0.3) is 10.1 Å². The van der Waals surface area contributed by atoms with Gasteiger partial charge in [-0.2, -0.15) is 8.42 Å². The highest BCUT2D eigenvalue weighted by Crippen LogP contribution is 2.14. The van der Waals surface area contributed by atoms with Gasteiger partial charge in [-0.25, -0.2) is 0 Å². The van der Waals surface area contributed by atoms with Crippen LogP contribution < -0.4 is 21.2 Å². The number of benzene rings is 3. The van der Waals surface area contributed by atoms with Crippen molar-refractivity contribution in [3.05, 3.63) is 96.0 Å². The first kappa shape index (κ1) is 32.1. The molecule has 3 nitrogen and oxygen atoms in total. The average molecular weight is 677 g/mol. The van der Waals surface area contributed by atoms with Crippen LogP contribution in [0.3, 0.4) is 0 Å². The van der Waals surface area contributed by atoms with Gasteiger partial charge in [0.2, 0.25) is 0 Å². The van der Waals surface area contributed by atoms with E-state index in [0.717, 1.165) is 22.9 Å². The minimum Gasteiger partial charge on any atom is -0.266 e. The number of rotatable bonds is 15. The van der Waals surface area contributed by atoms with Crippen molar-refractivity contribution in [3.8, 4) is 0 Å². The maximum Gasteiger partial charge on any atom is 0.357 e. The molecule has 3 aromatic carbocycles. The maximum absolute atomic E-state index is 11.9. The molecule has 0 amide bonds. The third kappa shape index (κ3) is 14.6. The highest BCUT2D eigenvalue weighted by Gasteiger charge is 2.15. The molecular weight excluding hydrogens is 638 g/mol. The third-order valence-electron chi connectivity index (χ3n) is 5.59. The predicted octanol–water partition coefficient (Wildman–Crippen LogP) is 6.43. The molecule has 0 saturated heterocycles. The first-order valence-corrected chi connectivity index (χ1v) is 17.3. The number of hydrogen-bond donors (Lipinski definition) is 0. The lowest BCUT2D eigenvalue weighted by atomic mass is 10.1. The summed E-state index contributed by atoms with van der Waals surface area (Å²) in [4.78, 5) is 0.238. The number of hydrogen-bond acceptors (Lipinski definition) is 3. The fourth-order valence-corrected chi connectivity index (χ4v) is 6.90. The standard InChI is InChI=1S/C18H30O3S.C12H8Cl2I/c1-2-3-4-5-6-7-8-9-10-14-17-21-22(19,20)18-15-12-11-13-16-18;13-9-1-5-11(6-2-9)15-12-7-3-10(14)4-8-12/h11-13,15-16H,2-10,14,17H2,1H3;1-8H/q;+1. The van der Waals surface area contributed by atoms with E-state index in [1.165, 1.54) is 58.5 Å². The fraction of sp³-hybridized carbons (Fsp3) is 0.400. The van der Waals surface area contributed by atoms with Crippen LogP contribution in [0.1, 0.15) is 71.1 Å². The summed E-state index contributed by atoms with van der Waals surface area (Å²) < 4.78 is 31.5. The van der Waals surface area contributed by atoms with Gasteiger partial charge in [-0.1, -0.05) is 106 Å². The molecule has 0 fully saturated rings. The van der Waals surface area contributed by atoms with E-state index in [0.29, 0.717) is 0 Å². The van der Waals surface area contributed by atoms with Crippen molar-refractivity contribution in [2.24, 2.45) is 0 Å². The molecule has 202 valence electrons. The van der Waals surface area contributed by atoms with E-state index in [4.69, 9.17) is 27.4 Å². The Morgan fingerprint density at radius 3 is 1.51 bits per heavy atom. The third-order valence-corrected chi connectivity index (χ3v) is 10.1. The molecule has 0 aliphatic heterocycles. The highest BCUT2D eigenvalue weighted by atomic mass is 127. The first-order chi connectivity index (χ1) is 17.9. The van der Waals surface area contributed by atoms with Gasteiger partial charge in [-0.15, -0.1) is 0 Å². The van der Waals surface area contributed by atoms with Crippen molar-refractivity contribution in [1.82, 2.24) is 0 Å². The zero-order valence-electron chi connectivity index (χ0n) is 21.6. The van der Waals surface area contributed by atoms with E-state index in [1.54, 1.807) is 30.3 Å². The zero-order valence-corrected chi connectivity index (χ0v) is 26.0. The summed E-state index contributed by atoms with van der Waals surface area (Å²) in [5.74, 6) is 0. The average Bonchev–Trinajstić information content (AvgIpc) is 2.91. The zero-order chi connectivity index (χ0) is 26.8. The molecule has 37 heavy (non-hydrogen) atoms. The van der Waals surface area contributed by atoms with Crippen molar-refractivity contribution in [1.29, 1.82) is 0 Å². The molecule has 0 saturated carbocycles. The van der Waals surface area contributed by atoms with Crippen LogP contribution in [0.25, 0.3) is 0 Å². The van der Waals surface area contributed by atoms with E-state index in [1.807, 2.05) is 24.3 Å². The van der Waals surface area contributed by atoms with Crippen LogP contribution in [0.4, 0.5) is 0 Å². The van der Waals surface area contributed by atoms with Crippen molar-refractivity contribution in [3.63, 3.8) is 0 Å². The van der Waals surface area contributed by atoms with Crippen molar-refractivity contribution in [2.45, 2.75) is 76.0 Å². The summed E-state index contributed by atoms with van der Waals surface area (Å²) in [6.07, 6.45) is 12.3. The van der Waals surface area contributed by atoms with E-state index < -0.39 is 10.1 Å². The number of halogens is 3. The van der Waals surface area contributed by atoms with Crippen LogP contribution >= 0.6 is 23.2 Å². The molecule has 0 aromatic heterocycles. The smallest absolute Gasteiger partial charge is 0.266 e. The van der Waals surface area contributed by atoms with E-state index >= 15 is 0 Å². The lowest BCUT2D eigenvalue weighted by Crippen LogP contribution is -3.61. The molecule has 3 rings (SSSR count). The molecular formula is C30H38Cl2IO3S+. The Bertz CT molecular complexity index is 1050. The molecule has 3 aromatic rings. The van der Waals surface area contributed by atoms with Crippen LogP contribution in [0.15, 0.2) is 83.8 Å². The summed E-state index contributed by atoms with van der Waals surface area (Å²) in [5, 5.41) is 1.58. The van der Waals surface area contributed by atoms with Crippen LogP contribution in [0.5, 0.6) is 0 Å². The van der Waals surface area contributed by atoms with Gasteiger partial charge < -0.3 is 0 Å². The largest absolute Gasteiger partial charge is 0.357 e. The van der Waals surface area contributed by atoms with Crippen molar-refractivity contribution < 1.29 is 33.8 Å². The summed E-state index contributed by atoms with van der Waals surface area (Å²) in [5.41, 5.74) is 0. The molecule has 0 spiro atoms. The van der Waals surface area contributed by atoms with Gasteiger partial charge in [-0.05, 0) is 67.1 Å². The maximum atomic E-state index is 11.9. The molecule has 0 aliphatic carbocycles. The van der Waals surface area contributed by atoms with Crippen LogP contribution in [0, 0.1) is 7.14 Å². The number of unbranched alkanes of at least 4 members (excludes halogenated alkanes) is 9. The molecule has 0 unspecified atom stereocenters. The lowest BCUT2D eigenvalue weighted by molar-refractivity contribution is -0.597. The van der Waals surface area contributed by atoms with Gasteiger partial charge in [0.1, 0.15) is 0 Å².